The Balaban J connectivity index is 1.73. The van der Waals surface area contributed by atoms with E-state index in [1.54, 1.807) is 36.5 Å². The highest BCUT2D eigenvalue weighted by molar-refractivity contribution is 7.99. The molecule has 0 saturated carbocycles. The summed E-state index contributed by atoms with van der Waals surface area (Å²) in [5, 5.41) is 0.564. The van der Waals surface area contributed by atoms with Crippen LogP contribution in [0.25, 0.3) is 0 Å². The van der Waals surface area contributed by atoms with Crippen LogP contribution in [0.1, 0.15) is 32.0 Å². The van der Waals surface area contributed by atoms with Crippen LogP contribution in [0, 0.1) is 13.8 Å². The van der Waals surface area contributed by atoms with Crippen LogP contribution in [0.2, 0.25) is 0 Å². The molecular weight excluding hydrogens is 360 g/mol. The van der Waals surface area contributed by atoms with Crippen molar-refractivity contribution in [3.63, 3.8) is 0 Å². The lowest BCUT2D eigenvalue weighted by atomic mass is 10.2. The number of carbonyl (C=O) groups is 2. The van der Waals surface area contributed by atoms with Crippen LogP contribution in [-0.2, 0) is 0 Å². The molecule has 0 spiro atoms. The molecule has 1 aromatic carbocycles. The first-order chi connectivity index (χ1) is 13.0. The molecule has 0 atom stereocenters. The van der Waals surface area contributed by atoms with E-state index in [1.807, 2.05) is 26.0 Å². The van der Waals surface area contributed by atoms with Crippen molar-refractivity contribution in [2.75, 3.05) is 0 Å². The first kappa shape index (κ1) is 18.6. The molecular formula is C20H18N4O2S. The molecule has 6 nitrogen and oxygen atoms in total. The Morgan fingerprint density at radius 2 is 1.67 bits per heavy atom. The number of aromatic nitrogens is 2. The average molecular weight is 378 g/mol. The Morgan fingerprint density at radius 3 is 2.41 bits per heavy atom. The number of aryl methyl sites for hydroxylation is 2. The van der Waals surface area contributed by atoms with E-state index >= 15 is 0 Å². The molecule has 27 heavy (non-hydrogen) atoms. The minimum absolute atomic E-state index is 0.217. The van der Waals surface area contributed by atoms with Crippen molar-refractivity contribution in [3.8, 4) is 0 Å². The van der Waals surface area contributed by atoms with Gasteiger partial charge in [-0.15, -0.1) is 0 Å². The summed E-state index contributed by atoms with van der Waals surface area (Å²) in [4.78, 5) is 33.8. The molecule has 2 heterocycles. The fourth-order valence-electron chi connectivity index (χ4n) is 2.40. The monoisotopic (exact) mass is 378 g/mol. The molecule has 0 aliphatic rings. The topological polar surface area (TPSA) is 84.0 Å². The van der Waals surface area contributed by atoms with Crippen molar-refractivity contribution in [1.82, 2.24) is 20.8 Å². The van der Waals surface area contributed by atoms with Gasteiger partial charge >= 0.3 is 0 Å². The van der Waals surface area contributed by atoms with E-state index in [-0.39, 0.29) is 5.69 Å². The summed E-state index contributed by atoms with van der Waals surface area (Å²) < 4.78 is 0. The van der Waals surface area contributed by atoms with E-state index in [2.05, 4.69) is 26.9 Å². The van der Waals surface area contributed by atoms with E-state index in [1.165, 1.54) is 23.5 Å². The van der Waals surface area contributed by atoms with E-state index in [4.69, 9.17) is 0 Å². The minimum atomic E-state index is -0.489. The highest BCUT2D eigenvalue weighted by Gasteiger charge is 2.15. The second-order valence-corrected chi connectivity index (χ2v) is 6.88. The van der Waals surface area contributed by atoms with E-state index in [0.29, 0.717) is 10.6 Å². The van der Waals surface area contributed by atoms with Crippen molar-refractivity contribution >= 4 is 23.6 Å². The number of hydrogen-bond acceptors (Lipinski definition) is 5. The molecule has 0 saturated heterocycles. The number of benzene rings is 1. The van der Waals surface area contributed by atoms with Gasteiger partial charge in [0.1, 0.15) is 10.7 Å². The summed E-state index contributed by atoms with van der Waals surface area (Å²) in [6, 6.07) is 14.4. The van der Waals surface area contributed by atoms with Crippen LogP contribution < -0.4 is 10.9 Å². The van der Waals surface area contributed by atoms with Crippen LogP contribution in [-0.4, -0.2) is 21.8 Å². The normalized spacial score (nSPS) is 10.3. The second-order valence-electron chi connectivity index (χ2n) is 5.85. The van der Waals surface area contributed by atoms with Crippen LogP contribution in [0.5, 0.6) is 0 Å². The average Bonchev–Trinajstić information content (AvgIpc) is 2.69. The standard InChI is InChI=1S/C20H18N4O2S/c1-13-8-9-17(14(2)12-13)27-20-15(6-5-11-22-20)18(25)23-24-19(26)16-7-3-4-10-21-16/h3-12H,1-2H3,(H,23,25)(H,24,26). The molecule has 2 amide bonds. The predicted octanol–water partition coefficient (Wildman–Crippen LogP) is 3.32. The van der Waals surface area contributed by atoms with Gasteiger partial charge < -0.3 is 0 Å². The third kappa shape index (κ3) is 4.71. The van der Waals surface area contributed by atoms with Gasteiger partial charge in [-0.2, -0.15) is 0 Å². The van der Waals surface area contributed by atoms with Crippen LogP contribution >= 0.6 is 11.8 Å². The third-order valence-corrected chi connectivity index (χ3v) is 4.94. The van der Waals surface area contributed by atoms with Crippen molar-refractivity contribution in [2.45, 2.75) is 23.8 Å². The largest absolute Gasteiger partial charge is 0.288 e. The number of hydrogen-bond donors (Lipinski definition) is 2. The van der Waals surface area contributed by atoms with E-state index in [9.17, 15) is 9.59 Å². The van der Waals surface area contributed by atoms with Gasteiger partial charge in [0.15, 0.2) is 0 Å². The molecule has 136 valence electrons. The van der Waals surface area contributed by atoms with Crippen LogP contribution in [0.3, 0.4) is 0 Å². The second kappa shape index (κ2) is 8.46. The van der Waals surface area contributed by atoms with Gasteiger partial charge in [-0.05, 0) is 49.7 Å². The molecule has 0 aliphatic carbocycles. The van der Waals surface area contributed by atoms with Gasteiger partial charge in [0.25, 0.3) is 11.8 Å². The summed E-state index contributed by atoms with van der Waals surface area (Å²) in [5.74, 6) is -0.934. The number of hydrazine groups is 1. The molecule has 0 bridgehead atoms. The molecule has 0 radical (unpaired) electrons. The van der Waals surface area contributed by atoms with Gasteiger partial charge in [-0.1, -0.05) is 35.5 Å². The maximum Gasteiger partial charge on any atom is 0.288 e. The van der Waals surface area contributed by atoms with Crippen LogP contribution in [0.4, 0.5) is 0 Å². The zero-order valence-electron chi connectivity index (χ0n) is 14.9. The molecule has 2 aromatic heterocycles. The lowest BCUT2D eigenvalue weighted by Crippen LogP contribution is -2.42. The zero-order valence-corrected chi connectivity index (χ0v) is 15.7. The van der Waals surface area contributed by atoms with Gasteiger partial charge in [0.05, 0.1) is 5.56 Å². The highest BCUT2D eigenvalue weighted by Crippen LogP contribution is 2.31. The van der Waals surface area contributed by atoms with Crippen molar-refractivity contribution in [2.24, 2.45) is 0 Å². The molecule has 0 fully saturated rings. The quantitative estimate of drug-likeness (QED) is 0.681. The SMILES string of the molecule is Cc1ccc(Sc2ncccc2C(=O)NNC(=O)c2ccccn2)c(C)c1. The molecule has 2 N–H and O–H groups in total. The third-order valence-electron chi connectivity index (χ3n) is 3.74. The number of pyridine rings is 2. The fraction of sp³-hybridized carbons (Fsp3) is 0.100. The summed E-state index contributed by atoms with van der Waals surface area (Å²) in [7, 11) is 0. The van der Waals surface area contributed by atoms with E-state index < -0.39 is 11.8 Å². The Morgan fingerprint density at radius 1 is 0.889 bits per heavy atom. The highest BCUT2D eigenvalue weighted by atomic mass is 32.2. The van der Waals surface area contributed by atoms with Crippen molar-refractivity contribution in [1.29, 1.82) is 0 Å². The Labute approximate surface area is 161 Å². The van der Waals surface area contributed by atoms with E-state index in [0.717, 1.165) is 10.5 Å². The number of carbonyl (C=O) groups excluding carboxylic acids is 2. The first-order valence-electron chi connectivity index (χ1n) is 8.26. The van der Waals surface area contributed by atoms with Crippen molar-refractivity contribution in [3.05, 3.63) is 83.3 Å². The lowest BCUT2D eigenvalue weighted by Gasteiger charge is -2.11. The van der Waals surface area contributed by atoms with Gasteiger partial charge in [0, 0.05) is 17.3 Å². The zero-order chi connectivity index (χ0) is 19.2. The van der Waals surface area contributed by atoms with Gasteiger partial charge in [-0.3, -0.25) is 25.4 Å². The first-order valence-corrected chi connectivity index (χ1v) is 9.08. The maximum atomic E-state index is 12.5. The van der Waals surface area contributed by atoms with Gasteiger partial charge in [0.2, 0.25) is 0 Å². The minimum Gasteiger partial charge on any atom is -0.267 e. The summed E-state index contributed by atoms with van der Waals surface area (Å²) in [6.45, 7) is 4.05. The smallest absolute Gasteiger partial charge is 0.267 e. The Bertz CT molecular complexity index is 977. The summed E-state index contributed by atoms with van der Waals surface area (Å²) >= 11 is 1.41. The van der Waals surface area contributed by atoms with Crippen molar-refractivity contribution < 1.29 is 9.59 Å². The molecule has 0 unspecified atom stereocenters. The summed E-state index contributed by atoms with van der Waals surface area (Å²) in [5.41, 5.74) is 7.67. The predicted molar refractivity (Wildman–Crippen MR) is 103 cm³/mol. The fourth-order valence-corrected chi connectivity index (χ4v) is 3.35. The Hall–Kier alpha value is -3.19. The number of nitrogens with zero attached hydrogens (tertiary/aromatic N) is 2. The number of amides is 2. The van der Waals surface area contributed by atoms with Crippen LogP contribution in [0.15, 0.2) is 70.8 Å². The molecule has 7 heteroatoms. The summed E-state index contributed by atoms with van der Waals surface area (Å²) in [6.07, 6.45) is 3.14. The number of nitrogens with one attached hydrogen (secondary N) is 2. The molecule has 0 aliphatic heterocycles. The Kier molecular flexibility index (Phi) is 5.83. The molecule has 3 aromatic rings. The van der Waals surface area contributed by atoms with Gasteiger partial charge in [-0.25, -0.2) is 4.98 Å². The maximum absolute atomic E-state index is 12.5. The number of rotatable bonds is 4. The lowest BCUT2D eigenvalue weighted by molar-refractivity contribution is 0.0842. The molecule has 3 rings (SSSR count).